The lowest BCUT2D eigenvalue weighted by Crippen LogP contribution is -2.27. The first kappa shape index (κ1) is 17.1. The summed E-state index contributed by atoms with van der Waals surface area (Å²) in [5.74, 6) is 0.925. The molecule has 4 heteroatoms. The minimum absolute atomic E-state index is 0. The predicted molar refractivity (Wildman–Crippen MR) is 53.0 cm³/mol. The van der Waals surface area contributed by atoms with Crippen molar-refractivity contribution >= 4 is 37.2 Å². The molecule has 0 aliphatic carbocycles. The van der Waals surface area contributed by atoms with E-state index in [0.29, 0.717) is 0 Å². The Labute approximate surface area is 81.6 Å². The molecule has 0 saturated carbocycles. The Balaban J connectivity index is -0.000000163. The monoisotopic (exact) mass is 207 g/mol. The van der Waals surface area contributed by atoms with E-state index in [1.165, 1.54) is 25.9 Å². The lowest BCUT2D eigenvalue weighted by molar-refractivity contribution is 0.405. The fourth-order valence-corrected chi connectivity index (χ4v) is 1.03. The first-order valence-corrected chi connectivity index (χ1v) is 3.10. The van der Waals surface area contributed by atoms with Gasteiger partial charge in [0.15, 0.2) is 0 Å². The molecule has 1 aliphatic heterocycles. The molecule has 1 heterocycles. The van der Waals surface area contributed by atoms with Crippen LogP contribution in [0.25, 0.3) is 0 Å². The largest absolute Gasteiger partial charge is 0.316 e. The van der Waals surface area contributed by atoms with Crippen LogP contribution in [0.1, 0.15) is 19.8 Å². The molecule has 1 aliphatic rings. The minimum atomic E-state index is 0. The second kappa shape index (κ2) is 9.83. The molecule has 1 fully saturated rings. The highest BCUT2D eigenvalue weighted by atomic mass is 35.5. The van der Waals surface area contributed by atoms with E-state index >= 15 is 0 Å². The van der Waals surface area contributed by atoms with Gasteiger partial charge in [0.05, 0.1) is 0 Å². The summed E-state index contributed by atoms with van der Waals surface area (Å²) in [6, 6.07) is 0. The van der Waals surface area contributed by atoms with Crippen LogP contribution >= 0.6 is 37.2 Å². The summed E-state index contributed by atoms with van der Waals surface area (Å²) in [4.78, 5) is 0. The van der Waals surface area contributed by atoms with Crippen molar-refractivity contribution in [3.05, 3.63) is 0 Å². The van der Waals surface area contributed by atoms with Gasteiger partial charge in [0.1, 0.15) is 0 Å². The van der Waals surface area contributed by atoms with E-state index in [4.69, 9.17) is 0 Å². The van der Waals surface area contributed by atoms with Crippen molar-refractivity contribution in [3.8, 4) is 0 Å². The van der Waals surface area contributed by atoms with E-state index in [1.54, 1.807) is 0 Å². The maximum Gasteiger partial charge on any atom is -0.00231 e. The molecule has 0 aromatic heterocycles. The molecule has 1 atom stereocenters. The van der Waals surface area contributed by atoms with Crippen LogP contribution in [0.15, 0.2) is 0 Å². The zero-order chi connectivity index (χ0) is 5.11. The van der Waals surface area contributed by atoms with Crippen LogP contribution in [0.3, 0.4) is 0 Å². The summed E-state index contributed by atoms with van der Waals surface area (Å²) < 4.78 is 0. The van der Waals surface area contributed by atoms with Crippen LogP contribution in [-0.4, -0.2) is 13.1 Å². The van der Waals surface area contributed by atoms with E-state index in [2.05, 4.69) is 12.2 Å². The number of hydrogen-bond acceptors (Lipinski definition) is 1. The van der Waals surface area contributed by atoms with Gasteiger partial charge in [-0.1, -0.05) is 6.92 Å². The van der Waals surface area contributed by atoms with Crippen molar-refractivity contribution in [1.82, 2.24) is 5.32 Å². The SMILES string of the molecule is CC1CCCNC1.Cl.Cl.Cl. The maximum absolute atomic E-state index is 3.33. The van der Waals surface area contributed by atoms with Crippen LogP contribution in [0.2, 0.25) is 0 Å². The van der Waals surface area contributed by atoms with Gasteiger partial charge in [-0.25, -0.2) is 0 Å². The van der Waals surface area contributed by atoms with Crippen molar-refractivity contribution in [2.24, 2.45) is 5.92 Å². The third-order valence-corrected chi connectivity index (χ3v) is 1.54. The van der Waals surface area contributed by atoms with Gasteiger partial charge < -0.3 is 5.32 Å². The normalized spacial score (nSPS) is 23.1. The predicted octanol–water partition coefficient (Wildman–Crippen LogP) is 2.27. The van der Waals surface area contributed by atoms with Crippen molar-refractivity contribution in [2.45, 2.75) is 19.8 Å². The van der Waals surface area contributed by atoms with E-state index in [0.717, 1.165) is 5.92 Å². The maximum atomic E-state index is 3.33. The third kappa shape index (κ3) is 6.94. The van der Waals surface area contributed by atoms with Gasteiger partial charge in [0.25, 0.3) is 0 Å². The van der Waals surface area contributed by atoms with Gasteiger partial charge in [0, 0.05) is 0 Å². The van der Waals surface area contributed by atoms with Gasteiger partial charge >= 0.3 is 0 Å². The van der Waals surface area contributed by atoms with Crippen LogP contribution < -0.4 is 5.32 Å². The second-order valence-electron chi connectivity index (χ2n) is 2.45. The molecule has 10 heavy (non-hydrogen) atoms. The van der Waals surface area contributed by atoms with E-state index in [1.807, 2.05) is 0 Å². The Morgan fingerprint density at radius 3 is 2.00 bits per heavy atom. The lowest BCUT2D eigenvalue weighted by atomic mass is 10.0. The number of halogens is 3. The molecule has 0 aromatic carbocycles. The third-order valence-electron chi connectivity index (χ3n) is 1.54. The molecular weight excluding hydrogens is 192 g/mol. The van der Waals surface area contributed by atoms with Crippen molar-refractivity contribution in [1.29, 1.82) is 0 Å². The summed E-state index contributed by atoms with van der Waals surface area (Å²) in [7, 11) is 0. The van der Waals surface area contributed by atoms with Crippen LogP contribution in [0, 0.1) is 5.92 Å². The molecule has 0 radical (unpaired) electrons. The molecule has 1 saturated heterocycles. The van der Waals surface area contributed by atoms with Crippen LogP contribution in [0.4, 0.5) is 0 Å². The van der Waals surface area contributed by atoms with Crippen molar-refractivity contribution in [3.63, 3.8) is 0 Å². The summed E-state index contributed by atoms with van der Waals surface area (Å²) in [6.07, 6.45) is 2.80. The van der Waals surface area contributed by atoms with Crippen LogP contribution in [0.5, 0.6) is 0 Å². The first-order valence-electron chi connectivity index (χ1n) is 3.10. The van der Waals surface area contributed by atoms with Crippen molar-refractivity contribution < 1.29 is 0 Å². The first-order chi connectivity index (χ1) is 3.39. The highest BCUT2D eigenvalue weighted by molar-refractivity contribution is 5.86. The van der Waals surface area contributed by atoms with Gasteiger partial charge in [-0.15, -0.1) is 37.2 Å². The summed E-state index contributed by atoms with van der Waals surface area (Å²) in [6.45, 7) is 4.77. The number of rotatable bonds is 0. The fraction of sp³-hybridized carbons (Fsp3) is 1.00. The summed E-state index contributed by atoms with van der Waals surface area (Å²) in [5, 5.41) is 3.33. The lowest BCUT2D eigenvalue weighted by Gasteiger charge is -2.17. The smallest absolute Gasteiger partial charge is 0.00231 e. The molecule has 0 bridgehead atoms. The fourth-order valence-electron chi connectivity index (χ4n) is 1.03. The van der Waals surface area contributed by atoms with Gasteiger partial charge in [0.2, 0.25) is 0 Å². The molecule has 1 rings (SSSR count). The van der Waals surface area contributed by atoms with Gasteiger partial charge in [-0.2, -0.15) is 0 Å². The molecule has 66 valence electrons. The highest BCUT2D eigenvalue weighted by Crippen LogP contribution is 2.06. The Morgan fingerprint density at radius 1 is 1.20 bits per heavy atom. The van der Waals surface area contributed by atoms with E-state index < -0.39 is 0 Å². The Bertz CT molecular complexity index is 55.0. The molecule has 1 N–H and O–H groups in total. The standard InChI is InChI=1S/C6H13N.3ClH/c1-6-3-2-4-7-5-6;;;/h6-7H,2-5H2,1H3;3*1H. The molecule has 0 spiro atoms. The zero-order valence-corrected chi connectivity index (χ0v) is 8.58. The average molecular weight is 209 g/mol. The zero-order valence-electron chi connectivity index (χ0n) is 6.13. The van der Waals surface area contributed by atoms with E-state index in [9.17, 15) is 0 Å². The minimum Gasteiger partial charge on any atom is -0.316 e. The number of nitrogens with one attached hydrogen (secondary N) is 1. The highest BCUT2D eigenvalue weighted by Gasteiger charge is 2.04. The molecule has 0 amide bonds. The average Bonchev–Trinajstić information content (AvgIpc) is 1.69. The molecular formula is C6H16Cl3N. The topological polar surface area (TPSA) is 12.0 Å². The quantitative estimate of drug-likeness (QED) is 0.644. The van der Waals surface area contributed by atoms with Gasteiger partial charge in [-0.3, -0.25) is 0 Å². The Morgan fingerprint density at radius 2 is 1.80 bits per heavy atom. The summed E-state index contributed by atoms with van der Waals surface area (Å²) in [5.41, 5.74) is 0. The second-order valence-corrected chi connectivity index (χ2v) is 2.45. The molecule has 1 unspecified atom stereocenters. The Kier molecular flexibility index (Phi) is 16.8. The van der Waals surface area contributed by atoms with E-state index in [-0.39, 0.29) is 37.2 Å². The van der Waals surface area contributed by atoms with Crippen molar-refractivity contribution in [2.75, 3.05) is 13.1 Å². The number of hydrogen-bond donors (Lipinski definition) is 1. The molecule has 1 nitrogen and oxygen atoms in total. The number of piperidine rings is 1. The summed E-state index contributed by atoms with van der Waals surface area (Å²) >= 11 is 0. The molecule has 0 aromatic rings. The van der Waals surface area contributed by atoms with Gasteiger partial charge in [-0.05, 0) is 31.8 Å². The van der Waals surface area contributed by atoms with Crippen LogP contribution in [-0.2, 0) is 0 Å². The Hall–Kier alpha value is 0.830.